The first kappa shape index (κ1) is 26.8. The van der Waals surface area contributed by atoms with Crippen LogP contribution in [0.2, 0.25) is 0 Å². The highest BCUT2D eigenvalue weighted by Gasteiger charge is 2.33. The molecule has 0 aliphatic carbocycles. The number of hydrogen-bond donors (Lipinski definition) is 0. The zero-order chi connectivity index (χ0) is 21.8. The van der Waals surface area contributed by atoms with Crippen molar-refractivity contribution in [3.05, 3.63) is 0 Å². The number of thioether (sulfide) groups is 1. The van der Waals surface area contributed by atoms with Gasteiger partial charge in [-0.3, -0.25) is 0 Å². The zero-order valence-corrected chi connectivity index (χ0v) is 20.8. The van der Waals surface area contributed by atoms with Crippen molar-refractivity contribution in [3.8, 4) is 23.7 Å². The van der Waals surface area contributed by atoms with Crippen LogP contribution in [0.4, 0.5) is 0 Å². The summed E-state index contributed by atoms with van der Waals surface area (Å²) in [7, 11) is -3.15. The number of oxime groups is 2. The zero-order valence-electron chi connectivity index (χ0n) is 17.6. The van der Waals surface area contributed by atoms with Crippen LogP contribution in [0.1, 0.15) is 54.4 Å². The third-order valence-corrected chi connectivity index (χ3v) is 5.30. The summed E-state index contributed by atoms with van der Waals surface area (Å²) in [5.74, 6) is 12.1. The number of sulfone groups is 1. The maximum atomic E-state index is 10.9. The smallest absolute Gasteiger partial charge is 0.192 e. The number of halogens is 1. The molecule has 0 N–H and O–H groups in total. The minimum atomic E-state index is -3.15. The van der Waals surface area contributed by atoms with Crippen molar-refractivity contribution >= 4 is 47.6 Å². The molecule has 0 aromatic rings. The largest absolute Gasteiger partial charge is 0.389 e. The molecule has 0 radical (unpaired) electrons. The lowest BCUT2D eigenvalue weighted by molar-refractivity contribution is 0.0120. The van der Waals surface area contributed by atoms with Gasteiger partial charge in [-0.1, -0.05) is 49.8 Å². The Morgan fingerprint density at radius 3 is 1.86 bits per heavy atom. The van der Waals surface area contributed by atoms with E-state index in [1.807, 2.05) is 27.7 Å². The minimum Gasteiger partial charge on any atom is -0.389 e. The molecule has 0 aromatic heterocycles. The lowest BCUT2D eigenvalue weighted by Gasteiger charge is -2.12. The molecule has 0 unspecified atom stereocenters. The Balaban J connectivity index is 0.000000424. The molecule has 2 aliphatic rings. The van der Waals surface area contributed by atoms with Crippen molar-refractivity contribution in [3.63, 3.8) is 0 Å². The number of hydrogen-bond acceptors (Lipinski definition) is 7. The predicted octanol–water partition coefficient (Wildman–Crippen LogP) is 4.20. The van der Waals surface area contributed by atoms with Gasteiger partial charge in [0.25, 0.3) is 0 Å². The second kappa shape index (κ2) is 12.4. The first-order valence-electron chi connectivity index (χ1n) is 8.55. The van der Waals surface area contributed by atoms with Gasteiger partial charge in [0.1, 0.15) is 16.2 Å². The summed E-state index contributed by atoms with van der Waals surface area (Å²) in [6, 6.07) is 0. The molecule has 0 spiro atoms. The normalized spacial score (nSPS) is 18.0. The summed E-state index contributed by atoms with van der Waals surface area (Å²) >= 11 is 4.80. The van der Waals surface area contributed by atoms with Gasteiger partial charge >= 0.3 is 0 Å². The molecular weight excluding hydrogens is 464 g/mol. The molecule has 2 aliphatic heterocycles. The van der Waals surface area contributed by atoms with E-state index in [-0.39, 0.29) is 10.6 Å². The molecule has 0 saturated carbocycles. The number of alkyl halides is 1. The maximum absolute atomic E-state index is 10.9. The number of nitrogens with zero attached hydrogens (tertiary/aromatic N) is 2. The van der Waals surface area contributed by atoms with Gasteiger partial charge in [0, 0.05) is 19.1 Å². The molecule has 0 atom stereocenters. The van der Waals surface area contributed by atoms with Crippen molar-refractivity contribution in [2.24, 2.45) is 10.3 Å². The second-order valence-corrected chi connectivity index (χ2v) is 10.7. The van der Waals surface area contributed by atoms with E-state index in [1.54, 1.807) is 25.6 Å². The Bertz CT molecular complexity index is 795. The van der Waals surface area contributed by atoms with Crippen LogP contribution < -0.4 is 0 Å². The van der Waals surface area contributed by atoms with Crippen LogP contribution in [0.25, 0.3) is 0 Å². The van der Waals surface area contributed by atoms with Gasteiger partial charge < -0.3 is 9.68 Å². The Labute approximate surface area is 182 Å². The fourth-order valence-corrected chi connectivity index (χ4v) is 3.73. The van der Waals surface area contributed by atoms with Gasteiger partial charge in [0.2, 0.25) is 0 Å². The molecule has 0 amide bonds. The summed E-state index contributed by atoms with van der Waals surface area (Å²) in [4.78, 5) is 10.1. The highest BCUT2D eigenvalue weighted by Crippen LogP contribution is 2.27. The monoisotopic (exact) mass is 492 g/mol. The third-order valence-electron chi connectivity index (χ3n) is 3.10. The summed E-state index contributed by atoms with van der Waals surface area (Å²) in [5, 5.41) is 9.45. The Kier molecular flexibility index (Phi) is 11.9. The van der Waals surface area contributed by atoms with Crippen LogP contribution in [0.3, 0.4) is 0 Å². The molecular formula is C19H29BrN2O4S2. The molecule has 158 valence electrons. The average molecular weight is 493 g/mol. The molecule has 6 nitrogen and oxygen atoms in total. The van der Waals surface area contributed by atoms with Crippen LogP contribution >= 0.6 is 27.7 Å². The number of rotatable bonds is 1. The van der Waals surface area contributed by atoms with Crippen LogP contribution in [-0.2, 0) is 19.5 Å². The van der Waals surface area contributed by atoms with Crippen LogP contribution in [-0.4, -0.2) is 47.0 Å². The van der Waals surface area contributed by atoms with E-state index in [1.165, 1.54) is 0 Å². The van der Waals surface area contributed by atoms with Crippen molar-refractivity contribution in [1.29, 1.82) is 0 Å². The highest BCUT2D eigenvalue weighted by atomic mass is 79.9. The van der Waals surface area contributed by atoms with Gasteiger partial charge in [-0.25, -0.2) is 8.42 Å². The fourth-order valence-electron chi connectivity index (χ4n) is 1.74. The summed E-state index contributed by atoms with van der Waals surface area (Å²) in [6.45, 7) is 11.3. The van der Waals surface area contributed by atoms with E-state index in [4.69, 9.17) is 9.68 Å². The highest BCUT2D eigenvalue weighted by molar-refractivity contribution is 9.09. The lowest BCUT2D eigenvalue weighted by atomic mass is 10.1. The molecule has 28 heavy (non-hydrogen) atoms. The Morgan fingerprint density at radius 2 is 1.57 bits per heavy atom. The van der Waals surface area contributed by atoms with E-state index >= 15 is 0 Å². The Hall–Kier alpha value is -1.16. The van der Waals surface area contributed by atoms with E-state index in [0.717, 1.165) is 28.8 Å². The molecule has 2 rings (SSSR count). The summed E-state index contributed by atoms with van der Waals surface area (Å²) in [5.41, 5.74) is -0.569. The quantitative estimate of drug-likeness (QED) is 0.404. The minimum absolute atomic E-state index is 0.109. The average Bonchev–Trinajstić information content (AvgIpc) is 3.11. The van der Waals surface area contributed by atoms with Gasteiger partial charge in [0.15, 0.2) is 14.9 Å². The lowest BCUT2D eigenvalue weighted by Crippen LogP contribution is -2.21. The first-order valence-corrected chi connectivity index (χ1v) is 12.5. The first-order chi connectivity index (χ1) is 12.9. The van der Waals surface area contributed by atoms with Gasteiger partial charge in [0.05, 0.1) is 11.1 Å². The van der Waals surface area contributed by atoms with E-state index in [2.05, 4.69) is 49.9 Å². The molecule has 0 aromatic carbocycles. The standard InChI is InChI=1S/C9H13NOS.C6H11NO3S.C4H5Br/c1-4-5-6-12-8-7-9(2,3)11-10-8;1-6(2)4-5(7-10-6)11(3,8)9;1-2-3-4-5/h6-7H2,1-3H3;4H2,1-3H3;4H2,1H3. The predicted molar refractivity (Wildman–Crippen MR) is 122 cm³/mol. The van der Waals surface area contributed by atoms with Gasteiger partial charge in [-0.2, -0.15) is 0 Å². The summed E-state index contributed by atoms with van der Waals surface area (Å²) < 4.78 is 21.8. The van der Waals surface area contributed by atoms with E-state index in [0.29, 0.717) is 6.42 Å². The third kappa shape index (κ3) is 12.3. The fraction of sp³-hybridized carbons (Fsp3) is 0.684. The topological polar surface area (TPSA) is 77.3 Å². The molecule has 2 heterocycles. The van der Waals surface area contributed by atoms with E-state index < -0.39 is 15.4 Å². The molecule has 0 fully saturated rings. The molecule has 0 saturated heterocycles. The van der Waals surface area contributed by atoms with Crippen LogP contribution in [0.5, 0.6) is 0 Å². The van der Waals surface area contributed by atoms with Crippen LogP contribution in [0, 0.1) is 23.7 Å². The SMILES string of the molecule is CC#CCBr.CC#CCSC1=NOC(C)(C)C1.CC1(C)CC(S(C)(=O)=O)=NO1. The summed E-state index contributed by atoms with van der Waals surface area (Å²) in [6.07, 6.45) is 2.41. The van der Waals surface area contributed by atoms with Crippen LogP contribution in [0.15, 0.2) is 10.3 Å². The van der Waals surface area contributed by atoms with Crippen molar-refractivity contribution in [1.82, 2.24) is 0 Å². The van der Waals surface area contributed by atoms with E-state index in [9.17, 15) is 8.42 Å². The maximum Gasteiger partial charge on any atom is 0.192 e. The van der Waals surface area contributed by atoms with Gasteiger partial charge in [-0.05, 0) is 41.5 Å². The second-order valence-electron chi connectivity index (χ2n) is 7.07. The molecule has 0 bridgehead atoms. The Morgan fingerprint density at radius 1 is 1.04 bits per heavy atom. The molecule has 9 heteroatoms. The van der Waals surface area contributed by atoms with Crippen molar-refractivity contribution < 1.29 is 18.1 Å². The van der Waals surface area contributed by atoms with Crippen molar-refractivity contribution in [2.75, 3.05) is 17.3 Å². The van der Waals surface area contributed by atoms with Gasteiger partial charge in [-0.15, -0.1) is 11.8 Å². The van der Waals surface area contributed by atoms with Crippen molar-refractivity contribution in [2.45, 2.75) is 65.6 Å².